The molecule has 174 valence electrons. The van der Waals surface area contributed by atoms with Gasteiger partial charge in [-0.2, -0.15) is 0 Å². The van der Waals surface area contributed by atoms with E-state index in [4.69, 9.17) is 11.6 Å². The summed E-state index contributed by atoms with van der Waals surface area (Å²) in [6.45, 7) is 0.287. The van der Waals surface area contributed by atoms with Crippen molar-refractivity contribution in [2.75, 3.05) is 23.3 Å². The number of halogens is 1. The van der Waals surface area contributed by atoms with E-state index >= 15 is 0 Å². The first-order chi connectivity index (χ1) is 16.5. The average molecular weight is 477 g/mol. The summed E-state index contributed by atoms with van der Waals surface area (Å²) in [5, 5.41) is 9.17. The van der Waals surface area contributed by atoms with Crippen molar-refractivity contribution in [3.8, 4) is 0 Å². The zero-order valence-corrected chi connectivity index (χ0v) is 19.2. The molecule has 1 aliphatic rings. The number of hydrogen-bond donors (Lipinski definition) is 3. The van der Waals surface area contributed by atoms with Crippen LogP contribution in [-0.2, 0) is 22.4 Å². The minimum atomic E-state index is -0.808. The molecule has 34 heavy (non-hydrogen) atoms. The molecule has 3 N–H and O–H groups in total. The van der Waals surface area contributed by atoms with Crippen LogP contribution in [0.5, 0.6) is 0 Å². The van der Waals surface area contributed by atoms with Gasteiger partial charge < -0.3 is 16.0 Å². The molecule has 0 radical (unpaired) electrons. The van der Waals surface area contributed by atoms with E-state index in [1.807, 2.05) is 54.6 Å². The first-order valence-corrected chi connectivity index (χ1v) is 11.4. The van der Waals surface area contributed by atoms with Gasteiger partial charge in [-0.05, 0) is 41.8 Å². The summed E-state index contributed by atoms with van der Waals surface area (Å²) in [4.78, 5) is 39.7. The number of nitrogens with one attached hydrogen (secondary N) is 3. The zero-order valence-electron chi connectivity index (χ0n) is 18.5. The Hall–Kier alpha value is -3.84. The SMILES string of the molecule is O=C1CN(C(=O)NC(Cc2ccccc2)C(=O)NCCc2ccc(Cl)cc2)c2ccccc2N1. The number of fused-ring (bicyclic) bond motifs is 1. The van der Waals surface area contributed by atoms with Gasteiger partial charge in [0.15, 0.2) is 0 Å². The van der Waals surface area contributed by atoms with E-state index in [9.17, 15) is 14.4 Å². The van der Waals surface area contributed by atoms with Crippen molar-refractivity contribution < 1.29 is 14.4 Å². The number of carbonyl (C=O) groups is 3. The minimum absolute atomic E-state index is 0.126. The van der Waals surface area contributed by atoms with Crippen molar-refractivity contribution in [2.24, 2.45) is 0 Å². The lowest BCUT2D eigenvalue weighted by atomic mass is 10.0. The van der Waals surface area contributed by atoms with Gasteiger partial charge in [-0.15, -0.1) is 0 Å². The fraction of sp³-hybridized carbons (Fsp3) is 0.192. The summed E-state index contributed by atoms with van der Waals surface area (Å²) >= 11 is 5.93. The smallest absolute Gasteiger partial charge is 0.323 e. The van der Waals surface area contributed by atoms with E-state index in [2.05, 4.69) is 16.0 Å². The molecule has 0 spiro atoms. The minimum Gasteiger partial charge on any atom is -0.354 e. The van der Waals surface area contributed by atoms with Gasteiger partial charge in [-0.25, -0.2) is 4.79 Å². The Bertz CT molecular complexity index is 1170. The molecule has 0 saturated carbocycles. The second-order valence-corrected chi connectivity index (χ2v) is 8.45. The third-order valence-corrected chi connectivity index (χ3v) is 5.79. The fourth-order valence-corrected chi connectivity index (χ4v) is 3.93. The number of rotatable bonds is 7. The third kappa shape index (κ3) is 5.94. The monoisotopic (exact) mass is 476 g/mol. The van der Waals surface area contributed by atoms with Gasteiger partial charge in [0.2, 0.25) is 11.8 Å². The highest BCUT2D eigenvalue weighted by atomic mass is 35.5. The maximum atomic E-state index is 13.2. The summed E-state index contributed by atoms with van der Waals surface area (Å²) in [5.41, 5.74) is 3.10. The van der Waals surface area contributed by atoms with E-state index in [1.54, 1.807) is 24.3 Å². The summed E-state index contributed by atoms with van der Waals surface area (Å²) in [6, 6.07) is 22.7. The maximum absolute atomic E-state index is 13.2. The van der Waals surface area contributed by atoms with E-state index in [-0.39, 0.29) is 18.4 Å². The third-order valence-electron chi connectivity index (χ3n) is 5.54. The summed E-state index contributed by atoms with van der Waals surface area (Å²) in [6.07, 6.45) is 0.954. The molecule has 3 aromatic carbocycles. The molecule has 4 amide bonds. The molecule has 0 fully saturated rings. The van der Waals surface area contributed by atoms with E-state index in [1.165, 1.54) is 4.90 Å². The summed E-state index contributed by atoms with van der Waals surface area (Å²) in [5.74, 6) is -0.582. The van der Waals surface area contributed by atoms with Gasteiger partial charge in [0, 0.05) is 18.0 Å². The summed E-state index contributed by atoms with van der Waals surface area (Å²) in [7, 11) is 0. The van der Waals surface area contributed by atoms with Gasteiger partial charge in [-0.1, -0.05) is 66.2 Å². The molecule has 1 unspecified atom stereocenters. The highest BCUT2D eigenvalue weighted by Crippen LogP contribution is 2.28. The molecular formula is C26H25ClN4O3. The molecule has 1 heterocycles. The van der Waals surface area contributed by atoms with Crippen LogP contribution in [0.1, 0.15) is 11.1 Å². The van der Waals surface area contributed by atoms with Crippen LogP contribution in [-0.4, -0.2) is 37.0 Å². The Morgan fingerprint density at radius 1 is 0.941 bits per heavy atom. The topological polar surface area (TPSA) is 90.5 Å². The first-order valence-electron chi connectivity index (χ1n) is 11.0. The molecule has 4 rings (SSSR count). The Morgan fingerprint density at radius 2 is 1.65 bits per heavy atom. The number of hydrogen-bond acceptors (Lipinski definition) is 3. The Morgan fingerprint density at radius 3 is 2.41 bits per heavy atom. The normalized spacial score (nSPS) is 13.4. The van der Waals surface area contributed by atoms with Crippen LogP contribution >= 0.6 is 11.6 Å². The van der Waals surface area contributed by atoms with Crippen molar-refractivity contribution in [3.63, 3.8) is 0 Å². The molecule has 3 aromatic rings. The van der Waals surface area contributed by atoms with Gasteiger partial charge in [-0.3, -0.25) is 14.5 Å². The number of benzene rings is 3. The van der Waals surface area contributed by atoms with Crippen LogP contribution in [0.25, 0.3) is 0 Å². The predicted octanol–water partition coefficient (Wildman–Crippen LogP) is 3.78. The number of carbonyl (C=O) groups excluding carboxylic acids is 3. The van der Waals surface area contributed by atoms with Crippen LogP contribution < -0.4 is 20.9 Å². The van der Waals surface area contributed by atoms with Crippen LogP contribution in [0, 0.1) is 0 Å². The number of urea groups is 1. The second-order valence-electron chi connectivity index (χ2n) is 8.01. The van der Waals surface area contributed by atoms with Crippen molar-refractivity contribution in [1.29, 1.82) is 0 Å². The Kier molecular flexibility index (Phi) is 7.44. The molecule has 1 aliphatic heterocycles. The van der Waals surface area contributed by atoms with E-state index < -0.39 is 12.1 Å². The highest BCUT2D eigenvalue weighted by molar-refractivity contribution is 6.30. The Balaban J connectivity index is 1.46. The van der Waals surface area contributed by atoms with Crippen LogP contribution in [0.2, 0.25) is 5.02 Å². The van der Waals surface area contributed by atoms with Gasteiger partial charge in [0.25, 0.3) is 0 Å². The van der Waals surface area contributed by atoms with Crippen molar-refractivity contribution in [2.45, 2.75) is 18.9 Å². The fourth-order valence-electron chi connectivity index (χ4n) is 3.80. The highest BCUT2D eigenvalue weighted by Gasteiger charge is 2.30. The lowest BCUT2D eigenvalue weighted by Gasteiger charge is -2.30. The van der Waals surface area contributed by atoms with E-state index in [0.29, 0.717) is 35.8 Å². The largest absolute Gasteiger partial charge is 0.354 e. The van der Waals surface area contributed by atoms with Crippen LogP contribution in [0.4, 0.5) is 16.2 Å². The molecule has 1 atom stereocenters. The van der Waals surface area contributed by atoms with E-state index in [0.717, 1.165) is 11.1 Å². The molecular weight excluding hydrogens is 452 g/mol. The number of amides is 4. The standard InChI is InChI=1S/C26H25ClN4O3/c27-20-12-10-18(11-13-20)14-15-28-25(33)22(16-19-6-2-1-3-7-19)30-26(34)31-17-24(32)29-21-8-4-5-9-23(21)31/h1-13,22H,14-17H2,(H,28,33)(H,29,32)(H,30,34). The maximum Gasteiger partial charge on any atom is 0.323 e. The van der Waals surface area contributed by atoms with Crippen LogP contribution in [0.3, 0.4) is 0 Å². The molecule has 8 heteroatoms. The summed E-state index contributed by atoms with van der Waals surface area (Å²) < 4.78 is 0. The molecule has 0 aromatic heterocycles. The van der Waals surface area contributed by atoms with Gasteiger partial charge in [0.1, 0.15) is 12.6 Å². The zero-order chi connectivity index (χ0) is 23.9. The molecule has 0 saturated heterocycles. The predicted molar refractivity (Wildman–Crippen MR) is 133 cm³/mol. The molecule has 7 nitrogen and oxygen atoms in total. The van der Waals surface area contributed by atoms with Gasteiger partial charge in [0.05, 0.1) is 11.4 Å². The van der Waals surface area contributed by atoms with Crippen LogP contribution in [0.15, 0.2) is 78.9 Å². The lowest BCUT2D eigenvalue weighted by Crippen LogP contribution is -2.54. The van der Waals surface area contributed by atoms with Gasteiger partial charge >= 0.3 is 6.03 Å². The number of para-hydroxylation sites is 2. The average Bonchev–Trinajstić information content (AvgIpc) is 2.84. The molecule has 0 bridgehead atoms. The quantitative estimate of drug-likeness (QED) is 0.484. The second kappa shape index (κ2) is 10.9. The number of anilines is 2. The lowest BCUT2D eigenvalue weighted by molar-refractivity contribution is -0.122. The van der Waals surface area contributed by atoms with Crippen molar-refractivity contribution in [1.82, 2.24) is 10.6 Å². The first kappa shape index (κ1) is 23.3. The molecule has 0 aliphatic carbocycles. The Labute approximate surface area is 203 Å². The van der Waals surface area contributed by atoms with Crippen molar-refractivity contribution >= 4 is 40.8 Å². The number of nitrogens with zero attached hydrogens (tertiary/aromatic N) is 1. The van der Waals surface area contributed by atoms with Crippen molar-refractivity contribution in [3.05, 3.63) is 95.0 Å².